The van der Waals surface area contributed by atoms with Crippen LogP contribution < -0.4 is 54.8 Å². The molecular weight excluding hydrogens is 1140 g/mol. The molecule has 6 aromatic rings. The van der Waals surface area contributed by atoms with Gasteiger partial charge in [-0.1, -0.05) is 0 Å². The molecule has 30 heteroatoms. The quantitative estimate of drug-likeness (QED) is 0.0625. The third-order valence-electron chi connectivity index (χ3n) is 18.1. The van der Waals surface area contributed by atoms with E-state index in [9.17, 15) is 38.4 Å². The van der Waals surface area contributed by atoms with Crippen LogP contribution in [0.4, 0.5) is 11.6 Å². The minimum atomic E-state index is -0.787. The van der Waals surface area contributed by atoms with Crippen LogP contribution in [-0.2, 0) is 26.2 Å². The number of carboxylic acid groups (broad SMARTS) is 4. The largest absolute Gasteiger partial charge is 0.481 e. The number of likely N-dealkylation sites (N-methyl/N-ethyl adjacent to an activating group) is 4. The Kier molecular flexibility index (Phi) is 23.4. The zero-order chi connectivity index (χ0) is 64.1. The van der Waals surface area contributed by atoms with Crippen LogP contribution in [0.15, 0.2) is 56.9 Å². The number of aromatic amines is 1. The molecule has 0 bridgehead atoms. The van der Waals surface area contributed by atoms with Crippen LogP contribution in [0.3, 0.4) is 0 Å². The van der Waals surface area contributed by atoms with Crippen molar-refractivity contribution in [1.82, 2.24) is 79.0 Å². The highest BCUT2D eigenvalue weighted by molar-refractivity contribution is 5.83. The van der Waals surface area contributed by atoms with Crippen LogP contribution in [-0.4, -0.2) is 161 Å². The second-order valence-electron chi connectivity index (χ2n) is 23.7. The summed E-state index contributed by atoms with van der Waals surface area (Å²) < 4.78 is 8.44. The average molecular weight is 1230 g/mol. The number of nitrogens with two attached hydrogens (primary N) is 1. The Morgan fingerprint density at radius 1 is 0.523 bits per heavy atom. The lowest BCUT2D eigenvalue weighted by Crippen LogP contribution is -2.47. The van der Waals surface area contributed by atoms with Gasteiger partial charge in [0.05, 0.1) is 36.8 Å². The summed E-state index contributed by atoms with van der Waals surface area (Å²) in [4.78, 5) is 119. The summed E-state index contributed by atoms with van der Waals surface area (Å²) >= 11 is 0. The minimum absolute atomic E-state index is 0.0195. The second-order valence-corrected chi connectivity index (χ2v) is 23.7. The molecule has 0 aliphatic heterocycles. The van der Waals surface area contributed by atoms with Gasteiger partial charge in [-0.2, -0.15) is 0 Å². The van der Waals surface area contributed by atoms with Gasteiger partial charge in [0.1, 0.15) is 23.7 Å². The van der Waals surface area contributed by atoms with Gasteiger partial charge >= 0.3 is 35.3 Å². The Morgan fingerprint density at radius 2 is 0.898 bits per heavy atom. The van der Waals surface area contributed by atoms with E-state index in [4.69, 9.17) is 26.2 Å². The average Bonchev–Trinajstić information content (AvgIpc) is 3.51. The Labute approximate surface area is 507 Å². The zero-order valence-corrected chi connectivity index (χ0v) is 51.3. The number of H-pyrrole nitrogens is 1. The maximum absolute atomic E-state index is 12.4. The molecule has 0 aromatic carbocycles. The van der Waals surface area contributed by atoms with Crippen LogP contribution in [0, 0.1) is 37.5 Å². The van der Waals surface area contributed by atoms with Crippen LogP contribution >= 0.6 is 0 Å². The lowest BCUT2D eigenvalue weighted by molar-refractivity contribution is -0.139. The lowest BCUT2D eigenvalue weighted by Gasteiger charge is -2.36. The van der Waals surface area contributed by atoms with E-state index in [2.05, 4.69) is 66.0 Å². The number of aliphatic carboxylic acids is 4. The van der Waals surface area contributed by atoms with Gasteiger partial charge in [0.25, 0.3) is 11.1 Å². The molecule has 6 aromatic heterocycles. The zero-order valence-electron chi connectivity index (χ0n) is 51.3. The number of aromatic nitrogens is 12. The van der Waals surface area contributed by atoms with Crippen molar-refractivity contribution in [1.29, 1.82) is 0 Å². The topological polar surface area (TPSA) is 421 Å². The lowest BCUT2D eigenvalue weighted by atomic mass is 9.80. The van der Waals surface area contributed by atoms with E-state index < -0.39 is 29.6 Å². The number of carbonyl (C=O) groups is 4. The SMILES string of the molecule is CN[C@H]1C[C@H](CC(=O)O)CC[C@H]1n1cc(C)c(=O)[nH]c1=O.CN[C@H]1C[C@H](CC(=O)O)CC[C@H]1n1cc(C)c(=O)n(C)c1=O.CN[C@H]1C[C@H](CC(=O)O)CC[C@H]1n1cnc2c(N)ncnc21.CNc1ncnc2c1ncn2[C@@H]1CC[C@@H](CC(=O)O)C[C@@H]1NC. The number of anilines is 2. The monoisotopic (exact) mass is 1230 g/mol. The summed E-state index contributed by atoms with van der Waals surface area (Å²) in [5, 5.41) is 51.9. The molecule has 6 heterocycles. The van der Waals surface area contributed by atoms with Crippen molar-refractivity contribution in [2.75, 3.05) is 46.3 Å². The van der Waals surface area contributed by atoms with Crippen molar-refractivity contribution in [3.8, 4) is 0 Å². The van der Waals surface area contributed by atoms with E-state index in [1.165, 1.54) is 19.7 Å². The molecule has 0 unspecified atom stereocenters. The molecule has 0 saturated heterocycles. The molecule has 88 heavy (non-hydrogen) atoms. The Balaban J connectivity index is 0.000000167. The summed E-state index contributed by atoms with van der Waals surface area (Å²) in [7, 11) is 10.8. The summed E-state index contributed by atoms with van der Waals surface area (Å²) in [5.41, 5.74) is 8.41. The van der Waals surface area contributed by atoms with E-state index in [1.807, 2.05) is 46.1 Å². The van der Waals surface area contributed by atoms with Crippen LogP contribution in [0.25, 0.3) is 22.3 Å². The highest BCUT2D eigenvalue weighted by atomic mass is 16.4. The normalized spacial score (nSPS) is 25.2. The van der Waals surface area contributed by atoms with Gasteiger partial charge in [-0.05, 0) is 143 Å². The van der Waals surface area contributed by atoms with E-state index in [0.29, 0.717) is 41.1 Å². The number of hydrogen-bond donors (Lipinski definition) is 11. The van der Waals surface area contributed by atoms with Crippen LogP contribution in [0.5, 0.6) is 0 Å². The molecule has 4 aliphatic rings. The molecule has 0 spiro atoms. The molecule has 12 atom stereocenters. The summed E-state index contributed by atoms with van der Waals surface area (Å²) in [6.45, 7) is 3.36. The number of nitrogens with one attached hydrogen (secondary N) is 6. The van der Waals surface area contributed by atoms with Gasteiger partial charge in [0.15, 0.2) is 22.9 Å². The van der Waals surface area contributed by atoms with Crippen molar-refractivity contribution >= 4 is 57.8 Å². The third-order valence-corrected chi connectivity index (χ3v) is 18.1. The molecular formula is C58H86N18O12. The fourth-order valence-electron chi connectivity index (χ4n) is 13.6. The van der Waals surface area contributed by atoms with E-state index in [-0.39, 0.29) is 114 Å². The molecule has 4 saturated carbocycles. The van der Waals surface area contributed by atoms with E-state index in [1.54, 1.807) is 41.7 Å². The number of fused-ring (bicyclic) bond motifs is 2. The van der Waals surface area contributed by atoms with Gasteiger partial charge in [-0.3, -0.25) is 47.5 Å². The first kappa shape index (κ1) is 67.3. The maximum Gasteiger partial charge on any atom is 0.331 e. The van der Waals surface area contributed by atoms with Crippen molar-refractivity contribution in [3.63, 3.8) is 0 Å². The molecule has 10 rings (SSSR count). The molecule has 12 N–H and O–H groups in total. The predicted octanol–water partition coefficient (Wildman–Crippen LogP) is 2.59. The molecule has 4 aliphatic carbocycles. The van der Waals surface area contributed by atoms with Crippen molar-refractivity contribution in [2.24, 2.45) is 30.7 Å². The molecule has 480 valence electrons. The standard InChI is InChI=1S/C15H22N6O2.C15H23N3O4.C14H20N6O2.C14H21N3O4/c1-16-10-5-9(6-12(22)23)3-4-11(10)21-8-20-13-14(17-2)18-7-19-15(13)21;1-9-8-18(15(22)17(3)14(9)21)12-5-4-10(7-13(19)20)6-11(12)16-2;1-16-9-4-8(5-11(21)22)2-3-10(9)20-7-19-12-13(15)17-6-18-14(12)20;1-8-7-17(14(21)16-13(8)20)11-4-3-9(6-12(18)19)5-10(11)15-2/h7-11,16H,3-6H2,1-2H3,(H,22,23)(H,17,18,19);8,10-12,16H,4-7H2,1-3H3,(H,19,20);6-10,16H,2-5H2,1H3,(H,21,22)(H2,15,17,18);7,9-11,15H,3-6H2,1-2H3,(H,18,19)(H,16,20,21)/t9-,10+,11-;10-,11+,12-;8-,9+,10-;9-,10+,11-/m1111/s1. The minimum Gasteiger partial charge on any atom is -0.481 e. The highest BCUT2D eigenvalue weighted by Gasteiger charge is 2.37. The third kappa shape index (κ3) is 16.3. The summed E-state index contributed by atoms with van der Waals surface area (Å²) in [6.07, 6.45) is 20.2. The van der Waals surface area contributed by atoms with Crippen LogP contribution in [0.1, 0.15) is 138 Å². The number of nitrogens with zero attached hydrogens (tertiary/aromatic N) is 11. The second kappa shape index (κ2) is 30.6. The fourth-order valence-corrected chi connectivity index (χ4v) is 13.6. The number of rotatable bonds is 17. The fraction of sp³-hybridized carbons (Fsp3) is 0.621. The first-order chi connectivity index (χ1) is 42.0. The van der Waals surface area contributed by atoms with Gasteiger partial charge in [0.2, 0.25) is 0 Å². The Bertz CT molecular complexity index is 3630. The maximum atomic E-state index is 12.4. The van der Waals surface area contributed by atoms with Crippen molar-refractivity contribution in [3.05, 3.63) is 90.5 Å². The number of imidazole rings is 2. The van der Waals surface area contributed by atoms with Gasteiger partial charge < -0.3 is 61.9 Å². The number of nitrogen functional groups attached to an aromatic ring is 1. The van der Waals surface area contributed by atoms with Gasteiger partial charge in [-0.15, -0.1) is 0 Å². The molecule has 0 radical (unpaired) electrons. The first-order valence-electron chi connectivity index (χ1n) is 30.0. The molecule has 0 amide bonds. The predicted molar refractivity (Wildman–Crippen MR) is 327 cm³/mol. The smallest absolute Gasteiger partial charge is 0.331 e. The molecule has 4 fully saturated rings. The summed E-state index contributed by atoms with van der Waals surface area (Å²) in [6, 6.07) is 0.712. The van der Waals surface area contributed by atoms with Gasteiger partial charge in [-0.25, -0.2) is 39.5 Å². The Hall–Kier alpha value is -8.22. The van der Waals surface area contributed by atoms with E-state index >= 15 is 0 Å². The summed E-state index contributed by atoms with van der Waals surface area (Å²) in [5.74, 6) is -1.25. The number of aryl methyl sites for hydroxylation is 2. The van der Waals surface area contributed by atoms with Crippen molar-refractivity contribution < 1.29 is 39.6 Å². The molecule has 30 nitrogen and oxygen atoms in total. The van der Waals surface area contributed by atoms with Crippen molar-refractivity contribution in [2.45, 2.75) is 165 Å². The highest BCUT2D eigenvalue weighted by Crippen LogP contribution is 2.39. The van der Waals surface area contributed by atoms with Gasteiger partial charge in [0, 0.05) is 87.5 Å². The number of hydrogen-bond acceptors (Lipinski definition) is 20. The van der Waals surface area contributed by atoms with E-state index in [0.717, 1.165) is 85.6 Å². The van der Waals surface area contributed by atoms with Crippen LogP contribution in [0.2, 0.25) is 0 Å². The first-order valence-corrected chi connectivity index (χ1v) is 30.0. The number of carboxylic acids is 4. The Morgan fingerprint density at radius 3 is 1.31 bits per heavy atom.